The zero-order valence-corrected chi connectivity index (χ0v) is 8.00. The van der Waals surface area contributed by atoms with E-state index in [0.29, 0.717) is 0 Å². The number of ether oxygens (including phenoxy) is 1. The van der Waals surface area contributed by atoms with Crippen LogP contribution in [0.4, 0.5) is 24.0 Å². The zero-order valence-electron chi connectivity index (χ0n) is 7.18. The molecule has 0 saturated carbocycles. The predicted octanol–water partition coefficient (Wildman–Crippen LogP) is 1.71. The first-order valence-electron chi connectivity index (χ1n) is 3.54. The van der Waals surface area contributed by atoms with Crippen molar-refractivity contribution in [2.24, 2.45) is 0 Å². The summed E-state index contributed by atoms with van der Waals surface area (Å²) in [6, 6.07) is 0. The lowest BCUT2D eigenvalue weighted by molar-refractivity contribution is -0.115. The number of hydrogen-bond donors (Lipinski definition) is 2. The molecule has 0 spiro atoms. The normalized spacial score (nSPS) is 11.4. The molecular weight excluding hydrogens is 219 g/mol. The summed E-state index contributed by atoms with van der Waals surface area (Å²) in [5.74, 6) is 0.237. The summed E-state index contributed by atoms with van der Waals surface area (Å²) in [6.07, 6.45) is -4.27. The Hall–Kier alpha value is -1.18. The highest BCUT2D eigenvalue weighted by atomic mass is 32.1. The summed E-state index contributed by atoms with van der Waals surface area (Å²) in [7, 11) is 1.32. The van der Waals surface area contributed by atoms with Gasteiger partial charge in [0.25, 0.3) is 0 Å². The van der Waals surface area contributed by atoms with Crippen LogP contribution in [0.25, 0.3) is 0 Å². The SMILES string of the molecule is COc1c(N)nsc1NCC(F)(F)F. The van der Waals surface area contributed by atoms with Gasteiger partial charge in [-0.15, -0.1) is 0 Å². The van der Waals surface area contributed by atoms with Crippen molar-refractivity contribution in [1.29, 1.82) is 0 Å². The lowest BCUT2D eigenvalue weighted by atomic mass is 10.5. The number of rotatable bonds is 3. The van der Waals surface area contributed by atoms with Crippen LogP contribution >= 0.6 is 11.5 Å². The molecule has 1 aromatic heterocycles. The minimum absolute atomic E-state index is 0.0853. The fourth-order valence-corrected chi connectivity index (χ4v) is 1.46. The molecule has 0 aliphatic heterocycles. The minimum atomic E-state index is -4.27. The van der Waals surface area contributed by atoms with E-state index >= 15 is 0 Å². The molecule has 80 valence electrons. The van der Waals surface area contributed by atoms with E-state index < -0.39 is 12.7 Å². The van der Waals surface area contributed by atoms with Crippen molar-refractivity contribution >= 4 is 22.4 Å². The molecule has 8 heteroatoms. The van der Waals surface area contributed by atoms with Crippen molar-refractivity contribution in [2.45, 2.75) is 6.18 Å². The summed E-state index contributed by atoms with van der Waals surface area (Å²) in [6.45, 7) is -1.13. The third-order valence-corrected chi connectivity index (χ3v) is 2.13. The Labute approximate surface area is 82.0 Å². The maximum Gasteiger partial charge on any atom is 0.405 e. The smallest absolute Gasteiger partial charge is 0.405 e. The van der Waals surface area contributed by atoms with E-state index in [4.69, 9.17) is 10.5 Å². The van der Waals surface area contributed by atoms with Crippen molar-refractivity contribution < 1.29 is 17.9 Å². The lowest BCUT2D eigenvalue weighted by Crippen LogP contribution is -2.21. The van der Waals surface area contributed by atoms with E-state index in [9.17, 15) is 13.2 Å². The number of nitrogens with one attached hydrogen (secondary N) is 1. The van der Waals surface area contributed by atoms with Crippen molar-refractivity contribution in [2.75, 3.05) is 24.7 Å². The Kier molecular flexibility index (Phi) is 3.04. The van der Waals surface area contributed by atoms with Crippen LogP contribution in [-0.2, 0) is 0 Å². The van der Waals surface area contributed by atoms with Gasteiger partial charge in [0.05, 0.1) is 7.11 Å². The van der Waals surface area contributed by atoms with Crippen LogP contribution in [0.1, 0.15) is 0 Å². The second-order valence-electron chi connectivity index (χ2n) is 2.40. The van der Waals surface area contributed by atoms with Crippen molar-refractivity contribution in [3.63, 3.8) is 0 Å². The molecule has 0 aliphatic rings. The van der Waals surface area contributed by atoms with Crippen molar-refractivity contribution in [1.82, 2.24) is 4.37 Å². The number of halogens is 3. The molecule has 1 heterocycles. The Balaban J connectivity index is 2.67. The Morgan fingerprint density at radius 2 is 2.21 bits per heavy atom. The third-order valence-electron chi connectivity index (χ3n) is 1.33. The van der Waals surface area contributed by atoms with Crippen LogP contribution in [0.3, 0.4) is 0 Å². The topological polar surface area (TPSA) is 60.2 Å². The van der Waals surface area contributed by atoms with Crippen LogP contribution < -0.4 is 15.8 Å². The first-order chi connectivity index (χ1) is 6.44. The molecule has 1 rings (SSSR count). The molecular formula is C6H8F3N3OS. The third kappa shape index (κ3) is 2.66. The fraction of sp³-hybridized carbons (Fsp3) is 0.500. The predicted molar refractivity (Wildman–Crippen MR) is 47.6 cm³/mol. The number of anilines is 2. The molecule has 0 amide bonds. The van der Waals surface area contributed by atoms with Gasteiger partial charge >= 0.3 is 6.18 Å². The van der Waals surface area contributed by atoms with Gasteiger partial charge in [0.1, 0.15) is 6.54 Å². The average Bonchev–Trinajstić information content (AvgIpc) is 2.41. The molecule has 0 fully saturated rings. The summed E-state index contributed by atoms with van der Waals surface area (Å²) in [5.41, 5.74) is 5.34. The average molecular weight is 227 g/mol. The zero-order chi connectivity index (χ0) is 10.8. The molecule has 0 aliphatic carbocycles. The first kappa shape index (κ1) is 10.9. The summed E-state index contributed by atoms with van der Waals surface area (Å²) < 4.78 is 43.9. The summed E-state index contributed by atoms with van der Waals surface area (Å²) >= 11 is 0.830. The quantitative estimate of drug-likeness (QED) is 0.825. The Morgan fingerprint density at radius 1 is 1.57 bits per heavy atom. The molecule has 0 bridgehead atoms. The highest BCUT2D eigenvalue weighted by Gasteiger charge is 2.27. The molecule has 3 N–H and O–H groups in total. The van der Waals surface area contributed by atoms with Crippen LogP contribution in [0.15, 0.2) is 0 Å². The van der Waals surface area contributed by atoms with E-state index in [1.54, 1.807) is 0 Å². The fourth-order valence-electron chi connectivity index (χ4n) is 0.784. The van der Waals surface area contributed by atoms with Crippen LogP contribution in [0, 0.1) is 0 Å². The summed E-state index contributed by atoms with van der Waals surface area (Å²) in [4.78, 5) is 0. The highest BCUT2D eigenvalue weighted by molar-refractivity contribution is 7.11. The highest BCUT2D eigenvalue weighted by Crippen LogP contribution is 2.35. The largest absolute Gasteiger partial charge is 0.490 e. The Morgan fingerprint density at radius 3 is 2.71 bits per heavy atom. The van der Waals surface area contributed by atoms with Gasteiger partial charge in [-0.1, -0.05) is 0 Å². The second kappa shape index (κ2) is 3.91. The number of nitrogens with zero attached hydrogens (tertiary/aromatic N) is 1. The van der Waals surface area contributed by atoms with E-state index in [2.05, 4.69) is 9.69 Å². The van der Waals surface area contributed by atoms with Gasteiger partial charge in [-0.05, 0) is 11.5 Å². The van der Waals surface area contributed by atoms with Gasteiger partial charge in [0, 0.05) is 0 Å². The number of aromatic nitrogens is 1. The summed E-state index contributed by atoms with van der Waals surface area (Å²) in [5, 5.41) is 2.33. The molecule has 0 atom stereocenters. The van der Waals surface area contributed by atoms with E-state index in [1.165, 1.54) is 7.11 Å². The van der Waals surface area contributed by atoms with Crippen LogP contribution in [-0.4, -0.2) is 24.2 Å². The van der Waals surface area contributed by atoms with E-state index in [0.717, 1.165) is 11.5 Å². The number of nitrogen functional groups attached to an aromatic ring is 1. The van der Waals surface area contributed by atoms with Gasteiger partial charge in [-0.25, -0.2) is 0 Å². The van der Waals surface area contributed by atoms with Gasteiger partial charge in [0.15, 0.2) is 16.6 Å². The van der Waals surface area contributed by atoms with Gasteiger partial charge in [-0.2, -0.15) is 17.5 Å². The minimum Gasteiger partial charge on any atom is -0.490 e. The number of nitrogens with two attached hydrogens (primary N) is 1. The van der Waals surface area contributed by atoms with Crippen molar-refractivity contribution in [3.05, 3.63) is 0 Å². The molecule has 0 saturated heterocycles. The van der Waals surface area contributed by atoms with Gasteiger partial charge in [-0.3, -0.25) is 0 Å². The van der Waals surface area contributed by atoms with Crippen molar-refractivity contribution in [3.8, 4) is 5.75 Å². The van der Waals surface area contributed by atoms with E-state index in [-0.39, 0.29) is 16.6 Å². The maximum absolute atomic E-state index is 11.8. The lowest BCUT2D eigenvalue weighted by Gasteiger charge is -2.08. The number of hydrogen-bond acceptors (Lipinski definition) is 5. The number of methoxy groups -OCH3 is 1. The monoisotopic (exact) mass is 227 g/mol. The standard InChI is InChI=1S/C6H8F3N3OS/c1-13-3-4(10)12-14-5(3)11-2-6(7,8)9/h11H,2H2,1H3,(H2,10,12). The molecule has 0 radical (unpaired) electrons. The Bertz CT molecular complexity index is 312. The molecule has 14 heavy (non-hydrogen) atoms. The van der Waals surface area contributed by atoms with Crippen LogP contribution in [0.2, 0.25) is 0 Å². The molecule has 1 aromatic rings. The van der Waals surface area contributed by atoms with Crippen LogP contribution in [0.5, 0.6) is 5.75 Å². The molecule has 0 unspecified atom stereocenters. The number of alkyl halides is 3. The van der Waals surface area contributed by atoms with Gasteiger partial charge < -0.3 is 15.8 Å². The second-order valence-corrected chi connectivity index (χ2v) is 3.17. The maximum atomic E-state index is 11.8. The van der Waals surface area contributed by atoms with Gasteiger partial charge in [0.2, 0.25) is 0 Å². The first-order valence-corrected chi connectivity index (χ1v) is 4.31. The molecule has 4 nitrogen and oxygen atoms in total. The van der Waals surface area contributed by atoms with E-state index in [1.807, 2.05) is 0 Å². The molecule has 0 aromatic carbocycles.